The summed E-state index contributed by atoms with van der Waals surface area (Å²) in [6, 6.07) is 4.62. The second-order valence-electron chi connectivity index (χ2n) is 3.98. The summed E-state index contributed by atoms with van der Waals surface area (Å²) in [5.41, 5.74) is 7.76. The summed E-state index contributed by atoms with van der Waals surface area (Å²) in [7, 11) is 0. The summed E-state index contributed by atoms with van der Waals surface area (Å²) in [5.74, 6) is -0.232. The van der Waals surface area contributed by atoms with Crippen LogP contribution in [0.2, 0.25) is 0 Å². The fourth-order valence-corrected chi connectivity index (χ4v) is 1.85. The van der Waals surface area contributed by atoms with Gasteiger partial charge in [0.2, 0.25) is 0 Å². The van der Waals surface area contributed by atoms with Crippen molar-refractivity contribution in [3.63, 3.8) is 0 Å². The molecule has 15 heavy (non-hydrogen) atoms. The molecular weight excluding hydrogens is 193 g/mol. The molecule has 0 aliphatic heterocycles. The summed E-state index contributed by atoms with van der Waals surface area (Å²) >= 11 is 0. The first kappa shape index (κ1) is 12.1. The first-order valence-corrected chi connectivity index (χ1v) is 5.18. The van der Waals surface area contributed by atoms with Gasteiger partial charge in [-0.2, -0.15) is 0 Å². The van der Waals surface area contributed by atoms with Crippen LogP contribution in [0.4, 0.5) is 4.39 Å². The number of aryl methyl sites for hydroxylation is 1. The second-order valence-corrected chi connectivity index (χ2v) is 3.98. The molecule has 0 fully saturated rings. The van der Waals surface area contributed by atoms with Gasteiger partial charge in [-0.1, -0.05) is 6.07 Å². The molecule has 0 aromatic heterocycles. The standard InChI is InChI=1S/C12H18FNO/c1-8-3-4-10(13)7-12(8)11(5-6-15)9(2)14/h3-4,7,9,11,15H,5-6,14H2,1-2H3. The van der Waals surface area contributed by atoms with Crippen LogP contribution in [0.1, 0.15) is 30.4 Å². The van der Waals surface area contributed by atoms with Gasteiger partial charge in [0.25, 0.3) is 0 Å². The number of hydrogen-bond acceptors (Lipinski definition) is 2. The smallest absolute Gasteiger partial charge is 0.123 e. The highest BCUT2D eigenvalue weighted by Gasteiger charge is 2.18. The van der Waals surface area contributed by atoms with Crippen molar-refractivity contribution >= 4 is 0 Å². The van der Waals surface area contributed by atoms with Gasteiger partial charge in [0.15, 0.2) is 0 Å². The van der Waals surface area contributed by atoms with E-state index in [9.17, 15) is 4.39 Å². The van der Waals surface area contributed by atoms with E-state index in [0.29, 0.717) is 6.42 Å². The number of aliphatic hydroxyl groups excluding tert-OH is 1. The molecule has 0 saturated heterocycles. The Morgan fingerprint density at radius 1 is 1.47 bits per heavy atom. The Morgan fingerprint density at radius 3 is 2.67 bits per heavy atom. The molecule has 1 aromatic carbocycles. The summed E-state index contributed by atoms with van der Waals surface area (Å²) < 4.78 is 13.1. The predicted molar refractivity (Wildman–Crippen MR) is 59.2 cm³/mol. The third-order valence-electron chi connectivity index (χ3n) is 2.72. The zero-order valence-electron chi connectivity index (χ0n) is 9.20. The third-order valence-corrected chi connectivity index (χ3v) is 2.72. The van der Waals surface area contributed by atoms with Crippen LogP contribution >= 0.6 is 0 Å². The van der Waals surface area contributed by atoms with E-state index in [1.54, 1.807) is 6.07 Å². The normalized spacial score (nSPS) is 15.0. The average Bonchev–Trinajstić information content (AvgIpc) is 2.18. The van der Waals surface area contributed by atoms with E-state index in [4.69, 9.17) is 10.8 Å². The molecule has 0 aliphatic carbocycles. The van der Waals surface area contributed by atoms with Crippen molar-refractivity contribution in [3.05, 3.63) is 35.1 Å². The molecule has 2 atom stereocenters. The van der Waals surface area contributed by atoms with Crippen molar-refractivity contribution in [2.75, 3.05) is 6.61 Å². The SMILES string of the molecule is Cc1ccc(F)cc1C(CCO)C(C)N. The van der Waals surface area contributed by atoms with Gasteiger partial charge in [0, 0.05) is 18.6 Å². The molecule has 0 saturated carbocycles. The minimum absolute atomic E-state index is 0.0192. The molecule has 0 spiro atoms. The molecule has 3 N–H and O–H groups in total. The maximum atomic E-state index is 13.1. The highest BCUT2D eigenvalue weighted by molar-refractivity contribution is 5.31. The minimum Gasteiger partial charge on any atom is -0.396 e. The number of halogens is 1. The highest BCUT2D eigenvalue weighted by Crippen LogP contribution is 2.26. The van der Waals surface area contributed by atoms with E-state index < -0.39 is 0 Å². The Labute approximate surface area is 89.9 Å². The maximum Gasteiger partial charge on any atom is 0.123 e. The molecule has 1 aromatic rings. The van der Waals surface area contributed by atoms with Gasteiger partial charge in [-0.3, -0.25) is 0 Å². The lowest BCUT2D eigenvalue weighted by Crippen LogP contribution is -2.26. The van der Waals surface area contributed by atoms with E-state index >= 15 is 0 Å². The summed E-state index contributed by atoms with van der Waals surface area (Å²) in [6.45, 7) is 3.88. The van der Waals surface area contributed by atoms with Crippen molar-refractivity contribution in [1.29, 1.82) is 0 Å². The fraction of sp³-hybridized carbons (Fsp3) is 0.500. The van der Waals surface area contributed by atoms with Crippen LogP contribution in [0.3, 0.4) is 0 Å². The summed E-state index contributed by atoms with van der Waals surface area (Å²) in [4.78, 5) is 0. The number of rotatable bonds is 4. The Balaban J connectivity index is 3.04. The van der Waals surface area contributed by atoms with Crippen molar-refractivity contribution in [3.8, 4) is 0 Å². The van der Waals surface area contributed by atoms with Crippen LogP contribution in [-0.4, -0.2) is 17.8 Å². The number of aliphatic hydroxyl groups is 1. The van der Waals surface area contributed by atoms with Gasteiger partial charge >= 0.3 is 0 Å². The lowest BCUT2D eigenvalue weighted by Gasteiger charge is -2.22. The molecule has 2 nitrogen and oxygen atoms in total. The van der Waals surface area contributed by atoms with Gasteiger partial charge in [0.1, 0.15) is 5.82 Å². The quantitative estimate of drug-likeness (QED) is 0.799. The van der Waals surface area contributed by atoms with Crippen LogP contribution < -0.4 is 5.73 Å². The zero-order chi connectivity index (χ0) is 11.4. The maximum absolute atomic E-state index is 13.1. The van der Waals surface area contributed by atoms with Gasteiger partial charge in [-0.15, -0.1) is 0 Å². The van der Waals surface area contributed by atoms with Crippen LogP contribution in [0.25, 0.3) is 0 Å². The van der Waals surface area contributed by atoms with Crippen molar-refractivity contribution < 1.29 is 9.50 Å². The van der Waals surface area contributed by atoms with E-state index in [0.717, 1.165) is 11.1 Å². The Morgan fingerprint density at radius 2 is 2.13 bits per heavy atom. The number of benzene rings is 1. The Hall–Kier alpha value is -0.930. The second kappa shape index (κ2) is 5.24. The number of hydrogen-bond donors (Lipinski definition) is 2. The molecule has 0 heterocycles. The summed E-state index contributed by atoms with van der Waals surface area (Å²) in [5, 5.41) is 8.96. The van der Waals surface area contributed by atoms with Crippen molar-refractivity contribution in [1.82, 2.24) is 0 Å². The molecule has 0 bridgehead atoms. The van der Waals surface area contributed by atoms with Gasteiger partial charge in [0.05, 0.1) is 0 Å². The van der Waals surface area contributed by atoms with E-state index in [-0.39, 0.29) is 24.4 Å². The molecule has 0 radical (unpaired) electrons. The highest BCUT2D eigenvalue weighted by atomic mass is 19.1. The molecule has 84 valence electrons. The molecule has 3 heteroatoms. The molecule has 2 unspecified atom stereocenters. The van der Waals surface area contributed by atoms with Crippen LogP contribution in [0.5, 0.6) is 0 Å². The molecular formula is C12H18FNO. The van der Waals surface area contributed by atoms with E-state index in [1.807, 2.05) is 13.8 Å². The lowest BCUT2D eigenvalue weighted by molar-refractivity contribution is 0.268. The topological polar surface area (TPSA) is 46.2 Å². The summed E-state index contributed by atoms with van der Waals surface area (Å²) in [6.07, 6.45) is 0.571. The first-order chi connectivity index (χ1) is 7.06. The zero-order valence-corrected chi connectivity index (χ0v) is 9.20. The third kappa shape index (κ3) is 3.01. The molecule has 1 rings (SSSR count). The molecule has 0 aliphatic rings. The van der Waals surface area contributed by atoms with Crippen molar-refractivity contribution in [2.45, 2.75) is 32.2 Å². The van der Waals surface area contributed by atoms with Gasteiger partial charge in [-0.25, -0.2) is 4.39 Å². The minimum atomic E-state index is -0.251. The van der Waals surface area contributed by atoms with Crippen LogP contribution in [0, 0.1) is 12.7 Å². The van der Waals surface area contributed by atoms with Crippen LogP contribution in [0.15, 0.2) is 18.2 Å². The predicted octanol–water partition coefficient (Wildman–Crippen LogP) is 1.95. The largest absolute Gasteiger partial charge is 0.396 e. The van der Waals surface area contributed by atoms with E-state index in [2.05, 4.69) is 0 Å². The first-order valence-electron chi connectivity index (χ1n) is 5.18. The Bertz CT molecular complexity index is 325. The fourth-order valence-electron chi connectivity index (χ4n) is 1.85. The average molecular weight is 211 g/mol. The number of nitrogens with two attached hydrogens (primary N) is 1. The van der Waals surface area contributed by atoms with Crippen LogP contribution in [-0.2, 0) is 0 Å². The lowest BCUT2D eigenvalue weighted by atomic mass is 9.87. The monoisotopic (exact) mass is 211 g/mol. The Kier molecular flexibility index (Phi) is 4.24. The van der Waals surface area contributed by atoms with Gasteiger partial charge in [-0.05, 0) is 43.5 Å². The van der Waals surface area contributed by atoms with E-state index in [1.165, 1.54) is 12.1 Å². The molecule has 0 amide bonds. The van der Waals surface area contributed by atoms with Gasteiger partial charge < -0.3 is 10.8 Å². The van der Waals surface area contributed by atoms with Crippen molar-refractivity contribution in [2.24, 2.45) is 5.73 Å².